The van der Waals surface area contributed by atoms with Crippen LogP contribution in [0.5, 0.6) is 0 Å². The maximum atomic E-state index is 14.0. The van der Waals surface area contributed by atoms with Gasteiger partial charge < -0.3 is 5.11 Å². The summed E-state index contributed by atoms with van der Waals surface area (Å²) < 4.78 is 0. The highest BCUT2D eigenvalue weighted by Crippen LogP contribution is 2.70. The van der Waals surface area contributed by atoms with E-state index < -0.39 is 16.8 Å². The normalized spacial score (nSPS) is 41.2. The maximum absolute atomic E-state index is 14.0. The van der Waals surface area contributed by atoms with Crippen molar-refractivity contribution in [2.45, 2.75) is 106 Å². The van der Waals surface area contributed by atoms with Crippen molar-refractivity contribution in [1.29, 1.82) is 5.26 Å². The average Bonchev–Trinajstić information content (AvgIpc) is 2.79. The molecule has 2 fully saturated rings. The van der Waals surface area contributed by atoms with Gasteiger partial charge in [-0.3, -0.25) is 14.4 Å². The van der Waals surface area contributed by atoms with Gasteiger partial charge in [-0.2, -0.15) is 5.26 Å². The van der Waals surface area contributed by atoms with Crippen LogP contribution in [0.4, 0.5) is 0 Å². The molecule has 0 aromatic carbocycles. The predicted octanol–water partition coefficient (Wildman–Crippen LogP) is 7.07. The second kappa shape index (κ2) is 8.92. The SMILES string of the molecule is CC1(C)CCC2C(=O)C=C3[C@@]4(C)C=C(C#N)C(=O)C(C)(C)[C@@H]4CC[C@@]3(C)[C@]2(C)CC[C@@H](CC(=O)O)CC1. The van der Waals surface area contributed by atoms with Gasteiger partial charge >= 0.3 is 5.97 Å². The van der Waals surface area contributed by atoms with Gasteiger partial charge in [0.05, 0.1) is 5.57 Å². The van der Waals surface area contributed by atoms with Crippen LogP contribution in [0.15, 0.2) is 23.3 Å². The minimum Gasteiger partial charge on any atom is -0.481 e. The minimum atomic E-state index is -0.746. The lowest BCUT2D eigenvalue weighted by Crippen LogP contribution is -2.60. The molecule has 0 aromatic heterocycles. The Bertz CT molecular complexity index is 1120. The summed E-state index contributed by atoms with van der Waals surface area (Å²) in [4.78, 5) is 38.9. The number of ketones is 2. The Morgan fingerprint density at radius 3 is 2.22 bits per heavy atom. The molecular formula is C32H45NO4. The maximum Gasteiger partial charge on any atom is 0.303 e. The molecule has 2 saturated carbocycles. The van der Waals surface area contributed by atoms with Gasteiger partial charge in [0.1, 0.15) is 6.07 Å². The molecule has 37 heavy (non-hydrogen) atoms. The lowest BCUT2D eigenvalue weighted by Gasteiger charge is -2.64. The van der Waals surface area contributed by atoms with Gasteiger partial charge in [-0.15, -0.1) is 0 Å². The first-order valence-electron chi connectivity index (χ1n) is 14.2. The van der Waals surface area contributed by atoms with Crippen LogP contribution < -0.4 is 0 Å². The predicted molar refractivity (Wildman–Crippen MR) is 143 cm³/mol. The molecule has 0 saturated heterocycles. The number of hydrogen-bond donors (Lipinski definition) is 1. The van der Waals surface area contributed by atoms with Gasteiger partial charge in [0.25, 0.3) is 0 Å². The number of rotatable bonds is 2. The van der Waals surface area contributed by atoms with E-state index in [0.717, 1.165) is 56.9 Å². The molecular weight excluding hydrogens is 462 g/mol. The van der Waals surface area contributed by atoms with E-state index in [4.69, 9.17) is 0 Å². The lowest BCUT2D eigenvalue weighted by molar-refractivity contribution is -0.141. The minimum absolute atomic E-state index is 0.0232. The summed E-state index contributed by atoms with van der Waals surface area (Å²) in [7, 11) is 0. The fourth-order valence-corrected chi connectivity index (χ4v) is 9.01. The molecule has 0 aliphatic heterocycles. The molecule has 0 heterocycles. The summed E-state index contributed by atoms with van der Waals surface area (Å²) in [6, 6.07) is 2.16. The van der Waals surface area contributed by atoms with Crippen molar-refractivity contribution in [3.63, 3.8) is 0 Å². The van der Waals surface area contributed by atoms with Crippen molar-refractivity contribution in [3.8, 4) is 6.07 Å². The molecule has 0 radical (unpaired) electrons. The van der Waals surface area contributed by atoms with Crippen LogP contribution in [-0.2, 0) is 14.4 Å². The molecule has 1 unspecified atom stereocenters. The van der Waals surface area contributed by atoms with Crippen LogP contribution in [-0.4, -0.2) is 22.6 Å². The lowest BCUT2D eigenvalue weighted by atomic mass is 9.38. The van der Waals surface area contributed by atoms with Crippen molar-refractivity contribution in [2.24, 2.45) is 44.8 Å². The topological polar surface area (TPSA) is 95.2 Å². The smallest absolute Gasteiger partial charge is 0.303 e. The van der Waals surface area contributed by atoms with Crippen LogP contribution in [0, 0.1) is 56.2 Å². The fraction of sp³-hybridized carbons (Fsp3) is 0.750. The van der Waals surface area contributed by atoms with Gasteiger partial charge in [-0.25, -0.2) is 0 Å². The third-order valence-electron chi connectivity index (χ3n) is 11.6. The summed E-state index contributed by atoms with van der Waals surface area (Å²) in [6.07, 6.45) is 11.0. The largest absolute Gasteiger partial charge is 0.481 e. The Balaban J connectivity index is 1.86. The summed E-state index contributed by atoms with van der Waals surface area (Å²) in [5.41, 5.74) is -0.469. The number of nitrogens with zero attached hydrogens (tertiary/aromatic N) is 1. The second-order valence-corrected chi connectivity index (χ2v) is 14.6. The van der Waals surface area contributed by atoms with Crippen molar-refractivity contribution in [1.82, 2.24) is 0 Å². The highest BCUT2D eigenvalue weighted by atomic mass is 16.4. The molecule has 4 aliphatic carbocycles. The van der Waals surface area contributed by atoms with E-state index in [-0.39, 0.29) is 57.6 Å². The van der Waals surface area contributed by atoms with Crippen molar-refractivity contribution < 1.29 is 19.5 Å². The van der Waals surface area contributed by atoms with Crippen LogP contribution in [0.25, 0.3) is 0 Å². The molecule has 6 atom stereocenters. The second-order valence-electron chi connectivity index (χ2n) is 14.6. The highest BCUT2D eigenvalue weighted by molar-refractivity contribution is 6.04. The first kappa shape index (κ1) is 27.8. The Kier molecular flexibility index (Phi) is 6.71. The molecule has 0 spiro atoms. The number of allylic oxidation sites excluding steroid dienone is 4. The van der Waals surface area contributed by atoms with E-state index in [1.165, 1.54) is 0 Å². The monoisotopic (exact) mass is 507 g/mol. The average molecular weight is 508 g/mol. The Hall–Kier alpha value is -2.22. The number of carboxylic acid groups (broad SMARTS) is 1. The number of hydrogen-bond acceptors (Lipinski definition) is 4. The van der Waals surface area contributed by atoms with E-state index >= 15 is 0 Å². The first-order chi connectivity index (χ1) is 17.0. The van der Waals surface area contributed by atoms with Crippen LogP contribution >= 0.6 is 0 Å². The van der Waals surface area contributed by atoms with Gasteiger partial charge in [-0.05, 0) is 85.5 Å². The molecule has 4 aliphatic rings. The van der Waals surface area contributed by atoms with Gasteiger partial charge in [-0.1, -0.05) is 60.1 Å². The van der Waals surface area contributed by atoms with Crippen molar-refractivity contribution >= 4 is 17.5 Å². The molecule has 0 bridgehead atoms. The number of carbonyl (C=O) groups is 3. The zero-order chi connectivity index (χ0) is 27.6. The quantitative estimate of drug-likeness (QED) is 0.431. The highest BCUT2D eigenvalue weighted by Gasteiger charge is 2.65. The number of fused-ring (bicyclic) bond motifs is 5. The van der Waals surface area contributed by atoms with Crippen LogP contribution in [0.3, 0.4) is 0 Å². The Labute approximate surface area is 222 Å². The molecule has 5 heteroatoms. The zero-order valence-corrected chi connectivity index (χ0v) is 23.9. The van der Waals surface area contributed by atoms with Gasteiger partial charge in [0.2, 0.25) is 0 Å². The van der Waals surface area contributed by atoms with E-state index in [1.807, 2.05) is 26.0 Å². The first-order valence-corrected chi connectivity index (χ1v) is 14.2. The summed E-state index contributed by atoms with van der Waals surface area (Å²) in [5, 5.41) is 19.5. The number of Topliss-reactive ketones (excluding diaryl/α,β-unsaturated/α-hetero) is 1. The summed E-state index contributed by atoms with van der Waals surface area (Å²) in [6.45, 7) is 15.2. The number of aliphatic carboxylic acids is 1. The molecule has 0 aromatic rings. The third kappa shape index (κ3) is 4.23. The molecule has 0 amide bonds. The van der Waals surface area contributed by atoms with E-state index in [1.54, 1.807) is 0 Å². The Morgan fingerprint density at radius 2 is 1.59 bits per heavy atom. The van der Waals surface area contributed by atoms with E-state index in [0.29, 0.717) is 0 Å². The molecule has 1 N–H and O–H groups in total. The van der Waals surface area contributed by atoms with Crippen LogP contribution in [0.2, 0.25) is 0 Å². The third-order valence-corrected chi connectivity index (χ3v) is 11.6. The number of carbonyl (C=O) groups excluding carboxylic acids is 2. The van der Waals surface area contributed by atoms with Crippen LogP contribution in [0.1, 0.15) is 106 Å². The fourth-order valence-electron chi connectivity index (χ4n) is 9.01. The van der Waals surface area contributed by atoms with Gasteiger partial charge in [0, 0.05) is 23.2 Å². The number of nitriles is 1. The zero-order valence-electron chi connectivity index (χ0n) is 23.9. The molecule has 5 nitrogen and oxygen atoms in total. The Morgan fingerprint density at radius 1 is 0.973 bits per heavy atom. The number of carboxylic acids is 1. The summed E-state index contributed by atoms with van der Waals surface area (Å²) in [5.74, 6) is -0.653. The standard InChI is InChI=1S/C32H45NO4/c1-28(2)12-8-20(16-26(35)36)9-14-31(6)22(10-13-28)23(34)17-25-30(5)18-21(19-33)27(37)29(3,4)24(30)11-15-32(25,31)7/h17-18,20,22,24H,8-16H2,1-7H3,(H,35,36)/t20-,22?,24-,30-,31+,32+/m0/s1. The summed E-state index contributed by atoms with van der Waals surface area (Å²) >= 11 is 0. The molecule has 4 rings (SSSR count). The molecule has 202 valence electrons. The van der Waals surface area contributed by atoms with E-state index in [9.17, 15) is 24.8 Å². The van der Waals surface area contributed by atoms with Gasteiger partial charge in [0.15, 0.2) is 11.6 Å². The van der Waals surface area contributed by atoms with Crippen molar-refractivity contribution in [2.75, 3.05) is 0 Å². The van der Waals surface area contributed by atoms with Crippen molar-refractivity contribution in [3.05, 3.63) is 23.3 Å². The van der Waals surface area contributed by atoms with E-state index in [2.05, 4.69) is 40.7 Å².